The number of hydrogen-bond donors (Lipinski definition) is 1. The summed E-state index contributed by atoms with van der Waals surface area (Å²) in [5.41, 5.74) is 1.75. The monoisotopic (exact) mass is 463 g/mol. The Labute approximate surface area is 194 Å². The maximum Gasteiger partial charge on any atom is 0.283 e. The van der Waals surface area contributed by atoms with E-state index in [-0.39, 0.29) is 23.7 Å². The molecule has 0 unspecified atom stereocenters. The van der Waals surface area contributed by atoms with Crippen molar-refractivity contribution in [1.29, 1.82) is 5.41 Å². The number of hydrazone groups is 1. The van der Waals surface area contributed by atoms with Crippen LogP contribution in [0.1, 0.15) is 37.3 Å². The van der Waals surface area contributed by atoms with Gasteiger partial charge < -0.3 is 4.74 Å². The molecule has 0 fully saturated rings. The number of ether oxygens (including phenoxy) is 1. The summed E-state index contributed by atoms with van der Waals surface area (Å²) in [5.74, 6) is 0.175. The van der Waals surface area contributed by atoms with Gasteiger partial charge in [0.25, 0.3) is 11.6 Å². The number of rotatable bonds is 8. The lowest BCUT2D eigenvalue weighted by molar-refractivity contribution is -0.384. The van der Waals surface area contributed by atoms with Crippen LogP contribution in [0.3, 0.4) is 0 Å². The Morgan fingerprint density at radius 3 is 2.58 bits per heavy atom. The van der Waals surface area contributed by atoms with Crippen LogP contribution in [-0.4, -0.2) is 31.9 Å². The number of benzene rings is 2. The minimum Gasteiger partial charge on any atom is -0.489 e. The largest absolute Gasteiger partial charge is 0.489 e. The number of amides is 1. The molecule has 2 aromatic rings. The van der Waals surface area contributed by atoms with Crippen molar-refractivity contribution in [2.45, 2.75) is 32.8 Å². The number of unbranched alkanes of at least 4 members (excludes halogenated alkanes) is 1. The predicted molar refractivity (Wildman–Crippen MR) is 128 cm³/mol. The maximum absolute atomic E-state index is 12.5. The second-order valence-corrected chi connectivity index (χ2v) is 8.44. The SMILES string of the molecule is CCCCC1=NN2C(=N)C(=Cc3ccc(OCc4ccc([N+](=O)[O-])cc4)cc3)C(=O)N=C2S1. The molecule has 10 heteroatoms. The summed E-state index contributed by atoms with van der Waals surface area (Å²) in [4.78, 5) is 26.9. The fourth-order valence-electron chi connectivity index (χ4n) is 3.17. The Hall–Kier alpha value is -3.79. The molecule has 33 heavy (non-hydrogen) atoms. The van der Waals surface area contributed by atoms with Crippen molar-refractivity contribution in [3.63, 3.8) is 0 Å². The van der Waals surface area contributed by atoms with Gasteiger partial charge in [0, 0.05) is 12.1 Å². The van der Waals surface area contributed by atoms with E-state index in [1.807, 2.05) is 0 Å². The lowest BCUT2D eigenvalue weighted by Gasteiger charge is -2.20. The van der Waals surface area contributed by atoms with Crippen LogP contribution in [0.2, 0.25) is 0 Å². The number of fused-ring (bicyclic) bond motifs is 1. The number of non-ortho nitro benzene ring substituents is 1. The standard InChI is InChI=1S/C23H21N5O4S/c1-2-3-4-20-26-27-21(24)19(22(29)25-23(27)33-20)13-15-7-11-18(12-8-15)32-14-16-5-9-17(10-6-16)28(30)31/h5-13,24H,2-4,14H2,1H3. The van der Waals surface area contributed by atoms with Gasteiger partial charge in [0.2, 0.25) is 5.17 Å². The van der Waals surface area contributed by atoms with Crippen LogP contribution in [0.4, 0.5) is 5.69 Å². The molecule has 1 N–H and O–H groups in total. The number of nitro benzene ring substituents is 1. The van der Waals surface area contributed by atoms with Crippen LogP contribution in [0.5, 0.6) is 5.75 Å². The van der Waals surface area contributed by atoms with Crippen LogP contribution in [0, 0.1) is 15.5 Å². The van der Waals surface area contributed by atoms with Gasteiger partial charge in [-0.3, -0.25) is 20.3 Å². The third-order valence-electron chi connectivity index (χ3n) is 4.98. The van der Waals surface area contributed by atoms with Gasteiger partial charge in [0.05, 0.1) is 10.5 Å². The first-order valence-corrected chi connectivity index (χ1v) is 11.2. The summed E-state index contributed by atoms with van der Waals surface area (Å²) in [5, 5.41) is 26.3. The first kappa shape index (κ1) is 22.4. The molecule has 0 atom stereocenters. The van der Waals surface area contributed by atoms with Crippen LogP contribution in [0.25, 0.3) is 6.08 Å². The number of amidine groups is 2. The van der Waals surface area contributed by atoms with Gasteiger partial charge in [-0.25, -0.2) is 0 Å². The quantitative estimate of drug-likeness (QED) is 0.335. The Balaban J connectivity index is 1.42. The van der Waals surface area contributed by atoms with Crippen LogP contribution in [0.15, 0.2) is 64.2 Å². The van der Waals surface area contributed by atoms with Crippen molar-refractivity contribution in [3.8, 4) is 5.75 Å². The van der Waals surface area contributed by atoms with Gasteiger partial charge in [0.1, 0.15) is 17.4 Å². The molecule has 0 aliphatic carbocycles. The van der Waals surface area contributed by atoms with Crippen molar-refractivity contribution >= 4 is 45.5 Å². The molecule has 1 amide bonds. The average molecular weight is 464 g/mol. The molecule has 0 spiro atoms. The molecule has 0 aromatic heterocycles. The molecular weight excluding hydrogens is 442 g/mol. The van der Waals surface area contributed by atoms with Gasteiger partial charge in [-0.05, 0) is 66.1 Å². The third kappa shape index (κ3) is 5.17. The Morgan fingerprint density at radius 1 is 1.18 bits per heavy atom. The number of nitro groups is 1. The van der Waals surface area contributed by atoms with E-state index in [9.17, 15) is 14.9 Å². The van der Waals surface area contributed by atoms with Crippen LogP contribution < -0.4 is 4.74 Å². The molecule has 2 heterocycles. The molecule has 2 aromatic carbocycles. The summed E-state index contributed by atoms with van der Waals surface area (Å²) in [6, 6.07) is 13.3. The highest BCUT2D eigenvalue weighted by atomic mass is 32.2. The number of thioether (sulfide) groups is 1. The van der Waals surface area contributed by atoms with Gasteiger partial charge in [-0.15, -0.1) is 0 Å². The number of carbonyl (C=O) groups is 1. The zero-order chi connectivity index (χ0) is 23.4. The topological polar surface area (TPSA) is 121 Å². The molecule has 2 aliphatic heterocycles. The summed E-state index contributed by atoms with van der Waals surface area (Å²) >= 11 is 1.35. The van der Waals surface area contributed by atoms with Gasteiger partial charge in [-0.2, -0.15) is 15.1 Å². The molecule has 0 radical (unpaired) electrons. The van der Waals surface area contributed by atoms with E-state index in [1.165, 1.54) is 28.9 Å². The molecule has 9 nitrogen and oxygen atoms in total. The number of hydrogen-bond acceptors (Lipinski definition) is 7. The van der Waals surface area contributed by atoms with Gasteiger partial charge in [-0.1, -0.05) is 25.5 Å². The van der Waals surface area contributed by atoms with Crippen LogP contribution in [-0.2, 0) is 11.4 Å². The fraction of sp³-hybridized carbons (Fsp3) is 0.217. The molecule has 2 aliphatic rings. The summed E-state index contributed by atoms with van der Waals surface area (Å²) in [7, 11) is 0. The van der Waals surface area contributed by atoms with Crippen molar-refractivity contribution < 1.29 is 14.5 Å². The zero-order valence-electron chi connectivity index (χ0n) is 17.9. The number of nitrogens with one attached hydrogen (secondary N) is 1. The number of nitrogens with zero attached hydrogens (tertiary/aromatic N) is 4. The lowest BCUT2D eigenvalue weighted by atomic mass is 10.1. The zero-order valence-corrected chi connectivity index (χ0v) is 18.7. The van der Waals surface area contributed by atoms with Crippen molar-refractivity contribution in [1.82, 2.24) is 5.01 Å². The molecule has 4 rings (SSSR count). The third-order valence-corrected chi connectivity index (χ3v) is 5.95. The molecule has 0 saturated carbocycles. The van der Waals surface area contributed by atoms with E-state index in [2.05, 4.69) is 17.0 Å². The Kier molecular flexibility index (Phi) is 6.64. The normalized spacial score (nSPS) is 16.5. The van der Waals surface area contributed by atoms with Gasteiger partial charge >= 0.3 is 0 Å². The average Bonchev–Trinajstić information content (AvgIpc) is 3.23. The predicted octanol–water partition coefficient (Wildman–Crippen LogP) is 4.98. The summed E-state index contributed by atoms with van der Waals surface area (Å²) in [6.07, 6.45) is 4.46. The first-order chi connectivity index (χ1) is 15.9. The van der Waals surface area contributed by atoms with E-state index in [1.54, 1.807) is 42.5 Å². The summed E-state index contributed by atoms with van der Waals surface area (Å²) < 4.78 is 5.73. The van der Waals surface area contributed by atoms with E-state index >= 15 is 0 Å². The molecular formula is C23H21N5O4S. The fourth-order valence-corrected chi connectivity index (χ4v) is 4.10. The minimum absolute atomic E-state index is 0.0162. The van der Waals surface area contributed by atoms with E-state index in [0.29, 0.717) is 10.9 Å². The second kappa shape index (κ2) is 9.78. The maximum atomic E-state index is 12.5. The lowest BCUT2D eigenvalue weighted by Crippen LogP contribution is -2.35. The highest BCUT2D eigenvalue weighted by Crippen LogP contribution is 2.30. The Morgan fingerprint density at radius 2 is 1.91 bits per heavy atom. The van der Waals surface area contributed by atoms with E-state index in [0.717, 1.165) is 35.4 Å². The highest BCUT2D eigenvalue weighted by molar-refractivity contribution is 8.26. The van der Waals surface area contributed by atoms with E-state index < -0.39 is 10.8 Å². The van der Waals surface area contributed by atoms with Gasteiger partial charge in [0.15, 0.2) is 5.84 Å². The van der Waals surface area contributed by atoms with Crippen molar-refractivity contribution in [3.05, 3.63) is 75.3 Å². The summed E-state index contributed by atoms with van der Waals surface area (Å²) in [6.45, 7) is 2.37. The number of carbonyl (C=O) groups excluding carboxylic acids is 1. The molecule has 168 valence electrons. The number of aliphatic imine (C=N–C) groups is 1. The smallest absolute Gasteiger partial charge is 0.283 e. The Bertz CT molecular complexity index is 1190. The van der Waals surface area contributed by atoms with E-state index in [4.69, 9.17) is 10.1 Å². The highest BCUT2D eigenvalue weighted by Gasteiger charge is 2.35. The van der Waals surface area contributed by atoms with Crippen molar-refractivity contribution in [2.75, 3.05) is 0 Å². The van der Waals surface area contributed by atoms with Crippen molar-refractivity contribution in [2.24, 2.45) is 10.1 Å². The second-order valence-electron chi connectivity index (χ2n) is 7.40. The molecule has 0 saturated heterocycles. The molecule has 0 bridgehead atoms. The first-order valence-electron chi connectivity index (χ1n) is 10.4. The van der Waals surface area contributed by atoms with Crippen LogP contribution >= 0.6 is 11.8 Å². The minimum atomic E-state index is -0.454.